The molecule has 2 saturated heterocycles. The third-order valence-electron chi connectivity index (χ3n) is 8.55. The Balaban J connectivity index is 1.30. The number of piperidine rings is 1. The van der Waals surface area contributed by atoms with Crippen molar-refractivity contribution >= 4 is 52.6 Å². The van der Waals surface area contributed by atoms with E-state index in [1.54, 1.807) is 18.3 Å². The minimum absolute atomic E-state index is 0.0113. The second-order valence-corrected chi connectivity index (χ2v) is 12.3. The van der Waals surface area contributed by atoms with E-state index < -0.39 is 41.5 Å². The number of nitrogens with zero attached hydrogens (tertiary/aromatic N) is 2. The van der Waals surface area contributed by atoms with E-state index in [1.165, 1.54) is 17.2 Å². The lowest BCUT2D eigenvalue weighted by Gasteiger charge is -2.31. The lowest BCUT2D eigenvalue weighted by Crippen LogP contribution is -2.56. The Labute approximate surface area is 252 Å². The largest absolute Gasteiger partial charge is 0.482 e. The molecule has 12 nitrogen and oxygen atoms in total. The highest BCUT2D eigenvalue weighted by Crippen LogP contribution is 2.64. The van der Waals surface area contributed by atoms with Crippen LogP contribution in [-0.2, 0) is 30.5 Å². The molecule has 2 aliphatic heterocycles. The number of hydrogen-bond donors (Lipinski definition) is 4. The van der Waals surface area contributed by atoms with Crippen LogP contribution in [0.15, 0.2) is 30.6 Å². The minimum atomic E-state index is -1.26. The standard InChI is InChI=1S/C28H32Cl2N6O6/c1-28(2)16-12-36(21(37)13-42-19-4-3-15(29)10-17(19)30)23(22(16)28)26(40)35-18(9-14-5-6-33-25(14)39)24(38)27(41)34-11-20-31-7-8-32-20/h3-4,7-8,10,14,16,18,22-23H,5-6,9,11-13H2,1-2H3,(H,31,32)(H,33,39)(H,34,41)(H,35,40)/t14-,16-,18-,22-,23-/m0/s1. The predicted octanol–water partition coefficient (Wildman–Crippen LogP) is 1.47. The smallest absolute Gasteiger partial charge is 0.289 e. The molecule has 0 unspecified atom stereocenters. The van der Waals surface area contributed by atoms with Gasteiger partial charge in [0.25, 0.3) is 11.8 Å². The van der Waals surface area contributed by atoms with Crippen molar-refractivity contribution in [3.05, 3.63) is 46.5 Å². The van der Waals surface area contributed by atoms with Crippen molar-refractivity contribution in [3.8, 4) is 5.75 Å². The van der Waals surface area contributed by atoms with Gasteiger partial charge in [-0.25, -0.2) is 4.98 Å². The summed E-state index contributed by atoms with van der Waals surface area (Å²) in [4.78, 5) is 73.8. The molecule has 2 aromatic rings. The summed E-state index contributed by atoms with van der Waals surface area (Å²) in [7, 11) is 0. The number of likely N-dealkylation sites (tertiary alicyclic amines) is 1. The molecule has 3 heterocycles. The normalized spacial score (nSPS) is 24.4. The predicted molar refractivity (Wildman–Crippen MR) is 151 cm³/mol. The molecule has 3 fully saturated rings. The molecule has 0 spiro atoms. The molecule has 5 rings (SSSR count). The van der Waals surface area contributed by atoms with Crippen LogP contribution in [0.2, 0.25) is 10.0 Å². The van der Waals surface area contributed by atoms with Gasteiger partial charge in [-0.05, 0) is 48.3 Å². The van der Waals surface area contributed by atoms with Crippen molar-refractivity contribution < 1.29 is 28.7 Å². The maximum Gasteiger partial charge on any atom is 0.289 e. The maximum absolute atomic E-state index is 13.8. The summed E-state index contributed by atoms with van der Waals surface area (Å²) >= 11 is 12.1. The van der Waals surface area contributed by atoms with E-state index in [4.69, 9.17) is 27.9 Å². The number of ether oxygens (including phenoxy) is 1. The number of hydrogen-bond acceptors (Lipinski definition) is 7. The van der Waals surface area contributed by atoms with Crippen LogP contribution < -0.4 is 20.7 Å². The number of nitrogens with one attached hydrogen (secondary N) is 4. The molecule has 5 atom stereocenters. The van der Waals surface area contributed by atoms with Gasteiger partial charge >= 0.3 is 0 Å². The number of H-pyrrole nitrogens is 1. The van der Waals surface area contributed by atoms with Crippen LogP contribution in [0, 0.1) is 23.2 Å². The molecule has 14 heteroatoms. The topological polar surface area (TPSA) is 163 Å². The number of fused-ring (bicyclic) bond motifs is 1. The van der Waals surface area contributed by atoms with E-state index in [1.807, 2.05) is 13.8 Å². The Morgan fingerprint density at radius 2 is 2.02 bits per heavy atom. The highest BCUT2D eigenvalue weighted by molar-refractivity contribution is 6.38. The lowest BCUT2D eigenvalue weighted by atomic mass is 9.94. The zero-order valence-electron chi connectivity index (χ0n) is 23.1. The summed E-state index contributed by atoms with van der Waals surface area (Å²) in [5, 5.41) is 8.62. The molecule has 0 radical (unpaired) electrons. The molecule has 1 aromatic heterocycles. The Hall–Kier alpha value is -3.64. The Bertz CT molecular complexity index is 1400. The van der Waals surface area contributed by atoms with Gasteiger partial charge in [-0.2, -0.15) is 0 Å². The van der Waals surface area contributed by atoms with Gasteiger partial charge in [0.05, 0.1) is 17.6 Å². The zero-order valence-corrected chi connectivity index (χ0v) is 24.6. The summed E-state index contributed by atoms with van der Waals surface area (Å²) in [6.45, 7) is 4.49. The number of halogens is 2. The van der Waals surface area contributed by atoms with Crippen molar-refractivity contribution in [2.45, 2.75) is 45.3 Å². The first-order valence-electron chi connectivity index (χ1n) is 13.7. The van der Waals surface area contributed by atoms with E-state index in [-0.39, 0.29) is 53.5 Å². The molecule has 3 aliphatic rings. The molecule has 1 aromatic carbocycles. The molecule has 224 valence electrons. The number of imidazole rings is 1. The van der Waals surface area contributed by atoms with Crippen molar-refractivity contribution in [2.75, 3.05) is 19.7 Å². The summed E-state index contributed by atoms with van der Waals surface area (Å²) in [6.07, 6.45) is 3.53. The quantitative estimate of drug-likeness (QED) is 0.277. The molecule has 1 saturated carbocycles. The number of rotatable bonds is 11. The number of carbonyl (C=O) groups is 5. The van der Waals surface area contributed by atoms with Crippen LogP contribution >= 0.6 is 23.2 Å². The first-order valence-corrected chi connectivity index (χ1v) is 14.5. The molecular weight excluding hydrogens is 587 g/mol. The van der Waals surface area contributed by atoms with E-state index in [0.717, 1.165) is 0 Å². The van der Waals surface area contributed by atoms with Gasteiger partial charge in [0.15, 0.2) is 6.61 Å². The van der Waals surface area contributed by atoms with Crippen LogP contribution in [0.4, 0.5) is 0 Å². The van der Waals surface area contributed by atoms with Crippen molar-refractivity contribution in [3.63, 3.8) is 0 Å². The lowest BCUT2D eigenvalue weighted by molar-refractivity contribution is -0.144. The zero-order chi connectivity index (χ0) is 30.2. The summed E-state index contributed by atoms with van der Waals surface area (Å²) < 4.78 is 5.63. The number of aromatic amines is 1. The molecule has 42 heavy (non-hydrogen) atoms. The van der Waals surface area contributed by atoms with Crippen molar-refractivity contribution in [2.24, 2.45) is 23.2 Å². The number of aromatic nitrogens is 2. The number of Topliss-reactive ketones (excluding diaryl/α,β-unsaturated/α-hetero) is 1. The fourth-order valence-corrected chi connectivity index (χ4v) is 6.57. The van der Waals surface area contributed by atoms with Crippen LogP contribution in [0.25, 0.3) is 0 Å². The maximum atomic E-state index is 13.8. The summed E-state index contributed by atoms with van der Waals surface area (Å²) in [5.41, 5.74) is -0.190. The average Bonchev–Trinajstić information content (AvgIpc) is 3.51. The van der Waals surface area contributed by atoms with Gasteiger partial charge in [0.2, 0.25) is 17.6 Å². The number of ketones is 1. The first-order chi connectivity index (χ1) is 20.0. The molecule has 4 N–H and O–H groups in total. The van der Waals surface area contributed by atoms with Gasteiger partial charge in [0.1, 0.15) is 17.6 Å². The fourth-order valence-electron chi connectivity index (χ4n) is 6.10. The number of benzene rings is 1. The van der Waals surface area contributed by atoms with Crippen LogP contribution in [0.5, 0.6) is 5.75 Å². The third-order valence-corrected chi connectivity index (χ3v) is 9.08. The minimum Gasteiger partial charge on any atom is -0.482 e. The Morgan fingerprint density at radius 1 is 1.24 bits per heavy atom. The van der Waals surface area contributed by atoms with Crippen LogP contribution in [0.3, 0.4) is 0 Å². The first kappa shape index (κ1) is 29.8. The van der Waals surface area contributed by atoms with E-state index in [2.05, 4.69) is 25.9 Å². The molecule has 0 bridgehead atoms. The van der Waals surface area contributed by atoms with Gasteiger partial charge in [0, 0.05) is 36.4 Å². The second kappa shape index (κ2) is 11.9. The monoisotopic (exact) mass is 618 g/mol. The van der Waals surface area contributed by atoms with Gasteiger partial charge in [-0.1, -0.05) is 37.0 Å². The molecule has 1 aliphatic carbocycles. The van der Waals surface area contributed by atoms with E-state index >= 15 is 0 Å². The summed E-state index contributed by atoms with van der Waals surface area (Å²) in [5.74, 6) is -2.86. The molecule has 4 amide bonds. The summed E-state index contributed by atoms with van der Waals surface area (Å²) in [6, 6.07) is 2.51. The van der Waals surface area contributed by atoms with Crippen molar-refractivity contribution in [1.82, 2.24) is 30.8 Å². The highest BCUT2D eigenvalue weighted by atomic mass is 35.5. The third kappa shape index (κ3) is 6.10. The van der Waals surface area contributed by atoms with Crippen LogP contribution in [-0.4, -0.2) is 76.1 Å². The van der Waals surface area contributed by atoms with Gasteiger partial charge < -0.3 is 30.6 Å². The number of amides is 4. The van der Waals surface area contributed by atoms with E-state index in [9.17, 15) is 24.0 Å². The van der Waals surface area contributed by atoms with Crippen molar-refractivity contribution in [1.29, 1.82) is 0 Å². The second-order valence-electron chi connectivity index (χ2n) is 11.5. The van der Waals surface area contributed by atoms with E-state index in [0.29, 0.717) is 30.4 Å². The fraction of sp³-hybridized carbons (Fsp3) is 0.500. The Kier molecular flexibility index (Phi) is 8.47. The Morgan fingerprint density at radius 3 is 2.69 bits per heavy atom. The number of carbonyl (C=O) groups excluding carboxylic acids is 5. The van der Waals surface area contributed by atoms with Gasteiger partial charge in [-0.15, -0.1) is 0 Å². The highest BCUT2D eigenvalue weighted by Gasteiger charge is 2.69. The molecular formula is C28H32Cl2N6O6. The SMILES string of the molecule is CC1(C)[C@@H]2[C@@H](C(=O)N[C@@H](C[C@@H]3CCNC3=O)C(=O)C(=O)NCc3ncc[nH]3)N(C(=O)COc3ccc(Cl)cc3Cl)C[C@@H]21. The van der Waals surface area contributed by atoms with Gasteiger partial charge in [-0.3, -0.25) is 24.0 Å². The average molecular weight is 620 g/mol. The van der Waals surface area contributed by atoms with Crippen LogP contribution in [0.1, 0.15) is 32.5 Å².